The molecule has 0 spiro atoms. The van der Waals surface area contributed by atoms with E-state index >= 15 is 0 Å². The summed E-state index contributed by atoms with van der Waals surface area (Å²) in [4.78, 5) is 12.1. The van der Waals surface area contributed by atoms with E-state index in [1.807, 2.05) is 41.2 Å². The average Bonchev–Trinajstić information content (AvgIpc) is 2.99. The molecule has 0 radical (unpaired) electrons. The maximum absolute atomic E-state index is 12.1. The first-order valence-electron chi connectivity index (χ1n) is 8.27. The molecular formula is C18H23N3O2. The van der Waals surface area contributed by atoms with E-state index in [-0.39, 0.29) is 5.91 Å². The van der Waals surface area contributed by atoms with E-state index in [4.69, 9.17) is 4.74 Å². The van der Waals surface area contributed by atoms with Gasteiger partial charge in [0.25, 0.3) is 5.91 Å². The Morgan fingerprint density at radius 2 is 2.09 bits per heavy atom. The Morgan fingerprint density at radius 1 is 1.30 bits per heavy atom. The van der Waals surface area contributed by atoms with E-state index in [0.717, 1.165) is 12.8 Å². The number of benzene rings is 1. The molecule has 1 aliphatic rings. The van der Waals surface area contributed by atoms with Crippen molar-refractivity contribution < 1.29 is 9.53 Å². The number of fused-ring (bicyclic) bond motifs is 1. The van der Waals surface area contributed by atoms with Crippen molar-refractivity contribution >= 4 is 5.91 Å². The number of ether oxygens (including phenoxy) is 1. The molecule has 1 aliphatic carbocycles. The summed E-state index contributed by atoms with van der Waals surface area (Å²) in [5.74, 6) is 0.603. The summed E-state index contributed by atoms with van der Waals surface area (Å²) in [7, 11) is 0. The molecule has 1 heterocycles. The molecule has 3 rings (SSSR count). The van der Waals surface area contributed by atoms with Crippen molar-refractivity contribution in [3.8, 4) is 5.75 Å². The summed E-state index contributed by atoms with van der Waals surface area (Å²) in [5.41, 5.74) is 2.70. The van der Waals surface area contributed by atoms with Crippen LogP contribution in [0.2, 0.25) is 0 Å². The van der Waals surface area contributed by atoms with Crippen LogP contribution in [0.3, 0.4) is 0 Å². The maximum atomic E-state index is 12.1. The van der Waals surface area contributed by atoms with Gasteiger partial charge in [-0.15, -0.1) is 0 Å². The van der Waals surface area contributed by atoms with Crippen molar-refractivity contribution in [3.63, 3.8) is 0 Å². The van der Waals surface area contributed by atoms with Crippen molar-refractivity contribution in [2.75, 3.05) is 6.54 Å². The molecule has 122 valence electrons. The van der Waals surface area contributed by atoms with Crippen LogP contribution in [0.25, 0.3) is 0 Å². The van der Waals surface area contributed by atoms with E-state index in [0.29, 0.717) is 18.8 Å². The molecule has 5 nitrogen and oxygen atoms in total. The fraction of sp³-hybridized carbons (Fsp3) is 0.444. The highest BCUT2D eigenvalue weighted by Crippen LogP contribution is 2.20. The Hall–Kier alpha value is -2.30. The molecule has 0 saturated carbocycles. The smallest absolute Gasteiger partial charge is 0.260 e. The van der Waals surface area contributed by atoms with Gasteiger partial charge >= 0.3 is 0 Å². The predicted octanol–water partition coefficient (Wildman–Crippen LogP) is 2.35. The number of carbonyl (C=O) groups is 1. The number of rotatable bonds is 6. The fourth-order valence-electron chi connectivity index (χ4n) is 2.93. The fourth-order valence-corrected chi connectivity index (χ4v) is 2.93. The molecule has 1 atom stereocenters. The van der Waals surface area contributed by atoms with Crippen LogP contribution in [-0.4, -0.2) is 28.3 Å². The van der Waals surface area contributed by atoms with Crippen LogP contribution in [0.15, 0.2) is 36.5 Å². The number of aromatic nitrogens is 2. The third kappa shape index (κ3) is 3.92. The second-order valence-electron chi connectivity index (χ2n) is 5.91. The average molecular weight is 313 g/mol. The van der Waals surface area contributed by atoms with Crippen LogP contribution in [-0.2, 0) is 24.2 Å². The van der Waals surface area contributed by atoms with E-state index < -0.39 is 6.10 Å². The van der Waals surface area contributed by atoms with E-state index in [1.54, 1.807) is 6.92 Å². The Kier molecular flexibility index (Phi) is 4.95. The number of hydrogen-bond acceptors (Lipinski definition) is 3. The summed E-state index contributed by atoms with van der Waals surface area (Å²) in [6.07, 6.45) is 6.17. The number of nitrogens with one attached hydrogen (secondary N) is 1. The summed E-state index contributed by atoms with van der Waals surface area (Å²) >= 11 is 0. The maximum Gasteiger partial charge on any atom is 0.260 e. The molecule has 1 unspecified atom stereocenters. The van der Waals surface area contributed by atoms with E-state index in [1.165, 1.54) is 24.1 Å². The van der Waals surface area contributed by atoms with Crippen LogP contribution < -0.4 is 10.1 Å². The zero-order chi connectivity index (χ0) is 16.1. The molecule has 1 N–H and O–H groups in total. The number of carbonyl (C=O) groups excluding carboxylic acids is 1. The lowest BCUT2D eigenvalue weighted by Gasteiger charge is -2.16. The first kappa shape index (κ1) is 15.6. The largest absolute Gasteiger partial charge is 0.481 e. The first-order chi connectivity index (χ1) is 11.2. The number of amides is 1. The SMILES string of the molecule is CC(Oc1ccccc1)C(=O)NCCn1ncc2c1CCCC2. The molecule has 0 fully saturated rings. The van der Waals surface area contributed by atoms with Crippen LogP contribution in [0, 0.1) is 0 Å². The molecular weight excluding hydrogens is 290 g/mol. The predicted molar refractivity (Wildman–Crippen MR) is 88.4 cm³/mol. The van der Waals surface area contributed by atoms with Crippen LogP contribution in [0.4, 0.5) is 0 Å². The van der Waals surface area contributed by atoms with Crippen molar-refractivity contribution in [1.82, 2.24) is 15.1 Å². The minimum absolute atomic E-state index is 0.102. The van der Waals surface area contributed by atoms with Crippen molar-refractivity contribution in [1.29, 1.82) is 0 Å². The molecule has 1 aromatic heterocycles. The van der Waals surface area contributed by atoms with Gasteiger partial charge in [-0.1, -0.05) is 18.2 Å². The Morgan fingerprint density at radius 3 is 2.91 bits per heavy atom. The van der Waals surface area contributed by atoms with Gasteiger partial charge in [-0.25, -0.2) is 0 Å². The lowest BCUT2D eigenvalue weighted by Crippen LogP contribution is -2.38. The highest BCUT2D eigenvalue weighted by Gasteiger charge is 2.16. The summed E-state index contributed by atoms with van der Waals surface area (Å²) in [6, 6.07) is 9.39. The topological polar surface area (TPSA) is 56.1 Å². The van der Waals surface area contributed by atoms with Crippen LogP contribution in [0.1, 0.15) is 31.0 Å². The first-order valence-corrected chi connectivity index (χ1v) is 8.27. The van der Waals surface area contributed by atoms with Crippen molar-refractivity contribution in [2.45, 2.75) is 45.3 Å². The Labute approximate surface area is 136 Å². The van der Waals surface area contributed by atoms with Gasteiger partial charge in [0.2, 0.25) is 0 Å². The molecule has 5 heteroatoms. The van der Waals surface area contributed by atoms with Crippen LogP contribution >= 0.6 is 0 Å². The molecule has 1 aromatic carbocycles. The van der Waals surface area contributed by atoms with E-state index in [9.17, 15) is 4.79 Å². The van der Waals surface area contributed by atoms with Gasteiger partial charge in [-0.3, -0.25) is 9.48 Å². The highest BCUT2D eigenvalue weighted by molar-refractivity contribution is 5.80. The van der Waals surface area contributed by atoms with E-state index in [2.05, 4.69) is 10.4 Å². The summed E-state index contributed by atoms with van der Waals surface area (Å²) in [6.45, 7) is 3.03. The zero-order valence-corrected chi connectivity index (χ0v) is 13.5. The number of hydrogen-bond donors (Lipinski definition) is 1. The minimum atomic E-state index is -0.510. The standard InChI is InChI=1S/C18H23N3O2/c1-14(23-16-8-3-2-4-9-16)18(22)19-11-12-21-17-10-6-5-7-15(17)13-20-21/h2-4,8-9,13-14H,5-7,10-12H2,1H3,(H,19,22). The molecule has 0 bridgehead atoms. The van der Waals surface area contributed by atoms with Gasteiger partial charge in [0, 0.05) is 12.2 Å². The number of nitrogens with zero attached hydrogens (tertiary/aromatic N) is 2. The zero-order valence-electron chi connectivity index (χ0n) is 13.5. The summed E-state index contributed by atoms with van der Waals surface area (Å²) < 4.78 is 7.65. The molecule has 23 heavy (non-hydrogen) atoms. The number of para-hydroxylation sites is 1. The van der Waals surface area contributed by atoms with Gasteiger partial charge in [-0.05, 0) is 50.3 Å². The molecule has 0 saturated heterocycles. The van der Waals surface area contributed by atoms with Crippen molar-refractivity contribution in [2.24, 2.45) is 0 Å². The van der Waals surface area contributed by atoms with Gasteiger partial charge in [0.15, 0.2) is 6.10 Å². The second kappa shape index (κ2) is 7.31. The summed E-state index contributed by atoms with van der Waals surface area (Å²) in [5, 5.41) is 7.36. The quantitative estimate of drug-likeness (QED) is 0.890. The number of aryl methyl sites for hydroxylation is 1. The third-order valence-electron chi connectivity index (χ3n) is 4.19. The lowest BCUT2D eigenvalue weighted by molar-refractivity contribution is -0.127. The minimum Gasteiger partial charge on any atom is -0.481 e. The molecule has 0 aliphatic heterocycles. The van der Waals surface area contributed by atoms with Gasteiger partial charge in [0.1, 0.15) is 5.75 Å². The normalized spacial score (nSPS) is 14.8. The monoisotopic (exact) mass is 313 g/mol. The van der Waals surface area contributed by atoms with Gasteiger partial charge < -0.3 is 10.1 Å². The second-order valence-corrected chi connectivity index (χ2v) is 5.91. The van der Waals surface area contributed by atoms with Gasteiger partial charge in [0.05, 0.1) is 12.7 Å². The Bertz CT molecular complexity index is 652. The van der Waals surface area contributed by atoms with Gasteiger partial charge in [-0.2, -0.15) is 5.10 Å². The third-order valence-corrected chi connectivity index (χ3v) is 4.19. The van der Waals surface area contributed by atoms with Crippen LogP contribution in [0.5, 0.6) is 5.75 Å². The lowest BCUT2D eigenvalue weighted by atomic mass is 9.98. The molecule has 2 aromatic rings. The van der Waals surface area contributed by atoms with Crippen molar-refractivity contribution in [3.05, 3.63) is 47.8 Å². The Balaban J connectivity index is 1.46. The molecule has 1 amide bonds. The highest BCUT2D eigenvalue weighted by atomic mass is 16.5.